The number of nitrogens with zero attached hydrogens (tertiary/aromatic N) is 2. The minimum absolute atomic E-state index is 0.0189. The van der Waals surface area contributed by atoms with Gasteiger partial charge in [0.25, 0.3) is 12.3 Å². The molecule has 0 spiro atoms. The molecular weight excluding hydrogens is 586 g/mol. The molecular formula is C29H30BCl2F2N5O3. The summed E-state index contributed by atoms with van der Waals surface area (Å²) in [5.41, 5.74) is 2.94. The van der Waals surface area contributed by atoms with Crippen LogP contribution in [0.1, 0.15) is 36.7 Å². The van der Waals surface area contributed by atoms with E-state index in [0.29, 0.717) is 44.0 Å². The largest absolute Gasteiger partial charge is 0.487 e. The lowest BCUT2D eigenvalue weighted by Crippen LogP contribution is -2.34. The van der Waals surface area contributed by atoms with Crippen LogP contribution in [0.5, 0.6) is 5.75 Å². The zero-order valence-corrected chi connectivity index (χ0v) is 25.3. The van der Waals surface area contributed by atoms with Crippen molar-refractivity contribution in [2.45, 2.75) is 33.7 Å². The summed E-state index contributed by atoms with van der Waals surface area (Å²) in [5, 5.41) is 9.38. The van der Waals surface area contributed by atoms with E-state index in [0.717, 1.165) is 5.46 Å². The highest BCUT2D eigenvalue weighted by Gasteiger charge is 2.23. The Balaban J connectivity index is 1.68. The van der Waals surface area contributed by atoms with Crippen molar-refractivity contribution in [1.29, 1.82) is 0 Å². The lowest BCUT2D eigenvalue weighted by atomic mass is 9.95. The predicted molar refractivity (Wildman–Crippen MR) is 166 cm³/mol. The maximum atomic E-state index is 13.2. The Hall–Kier alpha value is -3.83. The van der Waals surface area contributed by atoms with Crippen LogP contribution in [0, 0.1) is 5.41 Å². The van der Waals surface area contributed by atoms with Crippen LogP contribution in [0.3, 0.4) is 0 Å². The number of hydrogen-bond acceptors (Lipinski definition) is 5. The molecule has 0 saturated carbocycles. The number of aryl methyl sites for hydroxylation is 1. The topological polar surface area (TPSA) is 97.3 Å². The first-order valence-corrected chi connectivity index (χ1v) is 13.8. The highest BCUT2D eigenvalue weighted by molar-refractivity contribution is 6.39. The monoisotopic (exact) mass is 615 g/mol. The van der Waals surface area contributed by atoms with Crippen LogP contribution in [0.2, 0.25) is 10.0 Å². The number of hydrogen-bond donors (Lipinski definition) is 3. The number of fused-ring (bicyclic) bond motifs is 1. The lowest BCUT2D eigenvalue weighted by molar-refractivity contribution is -0.128. The van der Waals surface area contributed by atoms with Crippen molar-refractivity contribution in [1.82, 2.24) is 14.9 Å². The van der Waals surface area contributed by atoms with E-state index in [-0.39, 0.29) is 23.8 Å². The van der Waals surface area contributed by atoms with Gasteiger partial charge < -0.3 is 25.3 Å². The van der Waals surface area contributed by atoms with Crippen molar-refractivity contribution < 1.29 is 23.1 Å². The number of ether oxygens (including phenoxy) is 1. The van der Waals surface area contributed by atoms with Gasteiger partial charge in [0.1, 0.15) is 20.2 Å². The van der Waals surface area contributed by atoms with E-state index >= 15 is 0 Å². The number of nitrogens with one attached hydrogen (secondary N) is 3. The Morgan fingerprint density at radius 2 is 1.79 bits per heavy atom. The number of aromatic nitrogens is 2. The fourth-order valence-corrected chi connectivity index (χ4v) is 4.55. The standard InChI is InChI=1S/C29H30BCl2F2N5O3/c1-29(2,3)27(41)35-13-15-5-10-19(31)25(24(15)32)38-28-37-20-11-18(26(40)36-17-8-6-16(30)7-9-17)22(42-14-23(33)34)12-21(20)39(28)4/h5-12,23H,13-14,30H2,1-4H3,(H,35,41)(H,36,40)(H,37,38). The van der Waals surface area contributed by atoms with Crippen molar-refractivity contribution in [2.75, 3.05) is 17.2 Å². The summed E-state index contributed by atoms with van der Waals surface area (Å²) in [6.07, 6.45) is -2.73. The van der Waals surface area contributed by atoms with Crippen LogP contribution in [0.4, 0.5) is 26.1 Å². The molecule has 42 heavy (non-hydrogen) atoms. The molecule has 0 bridgehead atoms. The van der Waals surface area contributed by atoms with E-state index in [1.807, 2.05) is 40.8 Å². The lowest BCUT2D eigenvalue weighted by Gasteiger charge is -2.19. The van der Waals surface area contributed by atoms with Gasteiger partial charge in [-0.1, -0.05) is 67.6 Å². The summed E-state index contributed by atoms with van der Waals surface area (Å²) in [5.74, 6) is -0.373. The average Bonchev–Trinajstić information content (AvgIpc) is 3.23. The highest BCUT2D eigenvalue weighted by Crippen LogP contribution is 2.37. The first-order chi connectivity index (χ1) is 19.7. The molecule has 220 valence electrons. The number of carbonyl (C=O) groups is 2. The second-order valence-corrected chi connectivity index (χ2v) is 11.6. The van der Waals surface area contributed by atoms with Gasteiger partial charge >= 0.3 is 0 Å². The molecule has 13 heteroatoms. The number of carbonyl (C=O) groups excluding carboxylic acids is 2. The number of halogens is 4. The number of amides is 2. The number of alkyl halides is 2. The maximum absolute atomic E-state index is 13.2. The molecule has 0 atom stereocenters. The van der Waals surface area contributed by atoms with Crippen molar-refractivity contribution in [3.8, 4) is 5.75 Å². The molecule has 0 aliphatic rings. The summed E-state index contributed by atoms with van der Waals surface area (Å²) in [6.45, 7) is 4.74. The van der Waals surface area contributed by atoms with Crippen molar-refractivity contribution in [3.63, 3.8) is 0 Å². The molecule has 1 heterocycles. The summed E-state index contributed by atoms with van der Waals surface area (Å²) in [7, 11) is 3.62. The second-order valence-electron chi connectivity index (χ2n) is 10.8. The second kappa shape index (κ2) is 12.6. The van der Waals surface area contributed by atoms with Crippen molar-refractivity contribution in [3.05, 3.63) is 69.7 Å². The molecule has 0 unspecified atom stereocenters. The molecule has 8 nitrogen and oxygen atoms in total. The van der Waals surface area contributed by atoms with Gasteiger partial charge in [0.05, 0.1) is 32.3 Å². The maximum Gasteiger partial charge on any atom is 0.272 e. The Bertz CT molecular complexity index is 1640. The Kier molecular flexibility index (Phi) is 9.32. The molecule has 0 fully saturated rings. The zero-order chi connectivity index (χ0) is 30.8. The van der Waals surface area contributed by atoms with E-state index in [4.69, 9.17) is 27.9 Å². The van der Waals surface area contributed by atoms with Crippen molar-refractivity contribution in [2.24, 2.45) is 12.5 Å². The molecule has 0 radical (unpaired) electrons. The summed E-state index contributed by atoms with van der Waals surface area (Å²) < 4.78 is 33.1. The quantitative estimate of drug-likeness (QED) is 0.218. The molecule has 1 aromatic heterocycles. The number of benzene rings is 3. The van der Waals surface area contributed by atoms with E-state index in [9.17, 15) is 18.4 Å². The Labute approximate surface area is 253 Å². The predicted octanol–water partition coefficient (Wildman–Crippen LogP) is 5.44. The number of imidazole rings is 1. The van der Waals surface area contributed by atoms with Crippen LogP contribution in [-0.4, -0.2) is 42.2 Å². The smallest absolute Gasteiger partial charge is 0.272 e. The molecule has 4 rings (SSSR count). The SMILES string of the molecule is Bc1ccc(NC(=O)c2cc3nc(Nc4c(Cl)ccc(CNC(=O)C(C)(C)C)c4Cl)n(C)c3cc2OCC(F)F)cc1. The number of rotatable bonds is 9. The fourth-order valence-electron chi connectivity index (χ4n) is 4.02. The normalized spacial score (nSPS) is 11.5. The van der Waals surface area contributed by atoms with Gasteiger partial charge in [-0.2, -0.15) is 0 Å². The van der Waals surface area contributed by atoms with Gasteiger partial charge in [0.15, 0.2) is 0 Å². The fraction of sp³-hybridized carbons (Fsp3) is 0.276. The molecule has 0 aliphatic heterocycles. The van der Waals surface area contributed by atoms with Crippen LogP contribution in [0.25, 0.3) is 11.0 Å². The van der Waals surface area contributed by atoms with Crippen LogP contribution >= 0.6 is 23.2 Å². The Morgan fingerprint density at radius 3 is 2.43 bits per heavy atom. The van der Waals surface area contributed by atoms with E-state index in [1.165, 1.54) is 12.1 Å². The minimum atomic E-state index is -2.73. The third-order valence-corrected chi connectivity index (χ3v) is 7.18. The molecule has 0 aliphatic carbocycles. The molecule has 3 aromatic carbocycles. The minimum Gasteiger partial charge on any atom is -0.487 e. The van der Waals surface area contributed by atoms with Crippen LogP contribution in [-0.2, 0) is 18.4 Å². The first kappa shape index (κ1) is 31.1. The number of anilines is 3. The van der Waals surface area contributed by atoms with Crippen LogP contribution < -0.4 is 26.2 Å². The van der Waals surface area contributed by atoms with Crippen LogP contribution in [0.15, 0.2) is 48.5 Å². The molecule has 3 N–H and O–H groups in total. The molecule has 0 saturated heterocycles. The van der Waals surface area contributed by atoms with Gasteiger partial charge in [-0.25, -0.2) is 13.8 Å². The highest BCUT2D eigenvalue weighted by atomic mass is 35.5. The summed E-state index contributed by atoms with van der Waals surface area (Å²) >= 11 is 13.2. The van der Waals surface area contributed by atoms with E-state index in [1.54, 1.807) is 35.9 Å². The van der Waals surface area contributed by atoms with Gasteiger partial charge in [-0.05, 0) is 29.8 Å². The Morgan fingerprint density at radius 1 is 1.10 bits per heavy atom. The van der Waals surface area contributed by atoms with Gasteiger partial charge in [-0.15, -0.1) is 0 Å². The summed E-state index contributed by atoms with van der Waals surface area (Å²) in [4.78, 5) is 30.1. The third-order valence-electron chi connectivity index (χ3n) is 6.43. The van der Waals surface area contributed by atoms with Gasteiger partial charge in [-0.3, -0.25) is 9.59 Å². The summed E-state index contributed by atoms with van der Waals surface area (Å²) in [6, 6.07) is 13.5. The van der Waals surface area contributed by atoms with Crippen molar-refractivity contribution >= 4 is 76.7 Å². The van der Waals surface area contributed by atoms with Gasteiger partial charge in [0, 0.05) is 30.8 Å². The average molecular weight is 616 g/mol. The third kappa shape index (κ3) is 7.14. The van der Waals surface area contributed by atoms with Gasteiger partial charge in [0.2, 0.25) is 11.9 Å². The molecule has 4 aromatic rings. The van der Waals surface area contributed by atoms with E-state index in [2.05, 4.69) is 20.9 Å². The van der Waals surface area contributed by atoms with E-state index < -0.39 is 24.4 Å². The molecule has 2 amide bonds. The zero-order valence-electron chi connectivity index (χ0n) is 23.7. The first-order valence-electron chi connectivity index (χ1n) is 13.1.